The van der Waals surface area contributed by atoms with Crippen LogP contribution in [0.25, 0.3) is 11.4 Å². The van der Waals surface area contributed by atoms with Crippen molar-refractivity contribution >= 4 is 33.2 Å². The number of hydrogen-bond acceptors (Lipinski definition) is 5. The summed E-state index contributed by atoms with van der Waals surface area (Å²) in [5.41, 5.74) is 1.04. The number of hydrogen-bond donors (Lipinski definition) is 0. The molecule has 0 fully saturated rings. The lowest BCUT2D eigenvalue weighted by molar-refractivity contribution is 0.293. The van der Waals surface area contributed by atoms with Crippen LogP contribution in [0.1, 0.15) is 18.9 Å². The van der Waals surface area contributed by atoms with Crippen molar-refractivity contribution in [2.45, 2.75) is 19.1 Å². The van der Waals surface area contributed by atoms with Crippen molar-refractivity contribution in [2.75, 3.05) is 6.61 Å². The maximum Gasteiger partial charge on any atom is 0.337 e. The summed E-state index contributed by atoms with van der Waals surface area (Å²) in [4.78, 5) is 4.24. The summed E-state index contributed by atoms with van der Waals surface area (Å²) >= 11 is 12.2. The van der Waals surface area contributed by atoms with Crippen LogP contribution in [0.3, 0.4) is 0 Å². The SMILES string of the molecule is CCCOc1nc(-c2ccc(Cl)cc2Cl)n(S(=O)(=O)Cc2ccccc2)n1. The highest BCUT2D eigenvalue weighted by atomic mass is 35.5. The van der Waals surface area contributed by atoms with Crippen molar-refractivity contribution in [3.8, 4) is 17.4 Å². The smallest absolute Gasteiger partial charge is 0.337 e. The van der Waals surface area contributed by atoms with Crippen molar-refractivity contribution in [1.82, 2.24) is 14.2 Å². The first kappa shape index (κ1) is 19.7. The van der Waals surface area contributed by atoms with Gasteiger partial charge in [-0.2, -0.15) is 4.98 Å². The lowest BCUT2D eigenvalue weighted by atomic mass is 10.2. The van der Waals surface area contributed by atoms with Gasteiger partial charge in [-0.25, -0.2) is 8.42 Å². The molecule has 1 aromatic heterocycles. The zero-order valence-electron chi connectivity index (χ0n) is 14.5. The molecule has 3 rings (SSSR count). The first-order chi connectivity index (χ1) is 12.9. The second-order valence-electron chi connectivity index (χ2n) is 5.78. The van der Waals surface area contributed by atoms with E-state index in [0.717, 1.165) is 10.5 Å². The molecule has 2 aromatic carbocycles. The summed E-state index contributed by atoms with van der Waals surface area (Å²) < 4.78 is 32.3. The van der Waals surface area contributed by atoms with Gasteiger partial charge in [0.1, 0.15) is 0 Å². The monoisotopic (exact) mass is 425 g/mol. The van der Waals surface area contributed by atoms with Gasteiger partial charge < -0.3 is 4.74 Å². The third-order valence-corrected chi connectivity index (χ3v) is 5.65. The van der Waals surface area contributed by atoms with Crippen LogP contribution >= 0.6 is 23.2 Å². The fourth-order valence-corrected chi connectivity index (χ4v) is 4.24. The Morgan fingerprint density at radius 1 is 1.11 bits per heavy atom. The first-order valence-electron chi connectivity index (χ1n) is 8.23. The zero-order chi connectivity index (χ0) is 19.4. The average Bonchev–Trinajstić information content (AvgIpc) is 3.05. The van der Waals surface area contributed by atoms with Crippen LogP contribution in [-0.2, 0) is 15.8 Å². The van der Waals surface area contributed by atoms with Crippen LogP contribution in [0.5, 0.6) is 6.01 Å². The Balaban J connectivity index is 2.08. The van der Waals surface area contributed by atoms with Gasteiger partial charge >= 0.3 is 6.01 Å². The second-order valence-corrected chi connectivity index (χ2v) is 8.42. The Labute approximate surface area is 167 Å². The Morgan fingerprint density at radius 3 is 2.52 bits per heavy atom. The van der Waals surface area contributed by atoms with Crippen molar-refractivity contribution in [1.29, 1.82) is 0 Å². The molecule has 6 nitrogen and oxygen atoms in total. The number of benzene rings is 2. The van der Waals surface area contributed by atoms with Crippen LogP contribution in [0.15, 0.2) is 48.5 Å². The molecular formula is C18H17Cl2N3O3S. The van der Waals surface area contributed by atoms with Gasteiger partial charge in [0, 0.05) is 10.6 Å². The minimum atomic E-state index is -3.85. The van der Waals surface area contributed by atoms with Gasteiger partial charge in [0.25, 0.3) is 10.0 Å². The van der Waals surface area contributed by atoms with E-state index in [-0.39, 0.29) is 22.6 Å². The standard InChI is InChI=1S/C18H17Cl2N3O3S/c1-2-10-26-18-21-17(15-9-8-14(19)11-16(15)20)23(22-18)27(24,25)12-13-6-4-3-5-7-13/h3-9,11H,2,10,12H2,1H3. The summed E-state index contributed by atoms with van der Waals surface area (Å²) in [6, 6.07) is 13.6. The van der Waals surface area contributed by atoms with E-state index < -0.39 is 10.0 Å². The van der Waals surface area contributed by atoms with Crippen LogP contribution in [-0.4, -0.2) is 29.2 Å². The maximum absolute atomic E-state index is 13.0. The minimum absolute atomic E-state index is 0.0190. The lowest BCUT2D eigenvalue weighted by Gasteiger charge is -2.08. The first-order valence-corrected chi connectivity index (χ1v) is 10.6. The molecule has 0 spiro atoms. The van der Waals surface area contributed by atoms with Gasteiger partial charge in [0.2, 0.25) is 0 Å². The minimum Gasteiger partial charge on any atom is -0.462 e. The molecule has 0 aliphatic heterocycles. The van der Waals surface area contributed by atoms with Crippen LogP contribution in [0.2, 0.25) is 10.0 Å². The highest BCUT2D eigenvalue weighted by molar-refractivity contribution is 7.89. The fraction of sp³-hybridized carbons (Fsp3) is 0.222. The number of aromatic nitrogens is 3. The Kier molecular flexibility index (Phi) is 6.04. The summed E-state index contributed by atoms with van der Waals surface area (Å²) in [6.45, 7) is 2.30. The predicted octanol–water partition coefficient (Wildman–Crippen LogP) is 4.42. The molecule has 0 N–H and O–H groups in total. The molecule has 0 unspecified atom stereocenters. The lowest BCUT2D eigenvalue weighted by Crippen LogP contribution is -2.18. The third kappa shape index (κ3) is 4.61. The third-order valence-electron chi connectivity index (χ3n) is 3.62. The fourth-order valence-electron chi connectivity index (χ4n) is 2.41. The molecule has 0 bridgehead atoms. The van der Waals surface area contributed by atoms with Crippen molar-refractivity contribution in [2.24, 2.45) is 0 Å². The molecule has 0 atom stereocenters. The van der Waals surface area contributed by atoms with E-state index in [2.05, 4.69) is 10.1 Å². The van der Waals surface area contributed by atoms with E-state index in [4.69, 9.17) is 27.9 Å². The molecule has 0 saturated carbocycles. The van der Waals surface area contributed by atoms with Crippen molar-refractivity contribution < 1.29 is 13.2 Å². The second kappa shape index (κ2) is 8.29. The predicted molar refractivity (Wildman–Crippen MR) is 106 cm³/mol. The van der Waals surface area contributed by atoms with E-state index in [9.17, 15) is 8.42 Å². The molecule has 0 aliphatic rings. The number of halogens is 2. The molecule has 0 amide bonds. The zero-order valence-corrected chi connectivity index (χ0v) is 16.8. The van der Waals surface area contributed by atoms with Gasteiger partial charge in [0.15, 0.2) is 5.82 Å². The van der Waals surface area contributed by atoms with E-state index in [1.165, 1.54) is 6.07 Å². The topological polar surface area (TPSA) is 74.1 Å². The van der Waals surface area contributed by atoms with Gasteiger partial charge in [0.05, 0.1) is 17.4 Å². The molecule has 0 aliphatic carbocycles. The van der Waals surface area contributed by atoms with Crippen molar-refractivity contribution in [3.05, 3.63) is 64.1 Å². The highest BCUT2D eigenvalue weighted by Gasteiger charge is 2.25. The number of rotatable bonds is 7. The molecule has 1 heterocycles. The molecular weight excluding hydrogens is 409 g/mol. The van der Waals surface area contributed by atoms with Crippen molar-refractivity contribution in [3.63, 3.8) is 0 Å². The van der Waals surface area contributed by atoms with Gasteiger partial charge in [-0.05, 0) is 30.2 Å². The van der Waals surface area contributed by atoms with Gasteiger partial charge in [-0.3, -0.25) is 0 Å². The molecule has 142 valence electrons. The Morgan fingerprint density at radius 2 is 1.85 bits per heavy atom. The van der Waals surface area contributed by atoms with E-state index in [1.807, 2.05) is 13.0 Å². The summed E-state index contributed by atoms with van der Waals surface area (Å²) in [7, 11) is -3.85. The molecule has 0 saturated heterocycles. The van der Waals surface area contributed by atoms with E-state index in [0.29, 0.717) is 22.8 Å². The summed E-state index contributed by atoms with van der Waals surface area (Å²) in [5.74, 6) is -0.151. The Hall–Kier alpha value is -2.09. The Bertz CT molecular complexity index is 1040. The molecule has 9 heteroatoms. The summed E-state index contributed by atoms with van der Waals surface area (Å²) in [5, 5.41) is 4.77. The average molecular weight is 426 g/mol. The highest BCUT2D eigenvalue weighted by Crippen LogP contribution is 2.31. The van der Waals surface area contributed by atoms with E-state index >= 15 is 0 Å². The van der Waals surface area contributed by atoms with Gasteiger partial charge in [-0.1, -0.05) is 65.6 Å². The number of ether oxygens (including phenoxy) is 1. The van der Waals surface area contributed by atoms with E-state index in [1.54, 1.807) is 36.4 Å². The van der Waals surface area contributed by atoms with Crippen LogP contribution < -0.4 is 4.74 Å². The molecule has 3 aromatic rings. The molecule has 0 radical (unpaired) electrons. The quantitative estimate of drug-likeness (QED) is 0.559. The van der Waals surface area contributed by atoms with Crippen LogP contribution in [0.4, 0.5) is 0 Å². The van der Waals surface area contributed by atoms with Crippen LogP contribution in [0, 0.1) is 0 Å². The molecule has 27 heavy (non-hydrogen) atoms. The normalized spacial score (nSPS) is 11.5. The van der Waals surface area contributed by atoms with Gasteiger partial charge in [-0.15, -0.1) is 4.09 Å². The summed E-state index contributed by atoms with van der Waals surface area (Å²) in [6.07, 6.45) is 0.738. The maximum atomic E-state index is 13.0. The largest absolute Gasteiger partial charge is 0.462 e. The number of nitrogens with zero attached hydrogens (tertiary/aromatic N) is 3.